The van der Waals surface area contributed by atoms with Crippen LogP contribution in [0.2, 0.25) is 5.02 Å². The van der Waals surface area contributed by atoms with Crippen LogP contribution in [0.3, 0.4) is 0 Å². The molecule has 1 aliphatic heterocycles. The van der Waals surface area contributed by atoms with Gasteiger partial charge < -0.3 is 47.9 Å². The smallest absolute Gasteiger partial charge is 0.256 e. The molecule has 2 aliphatic rings. The lowest BCUT2D eigenvalue weighted by Crippen LogP contribution is -2.45. The summed E-state index contributed by atoms with van der Waals surface area (Å²) in [6.45, 7) is 12.2. The van der Waals surface area contributed by atoms with E-state index in [1.165, 1.54) is 0 Å². The molecule has 0 bridgehead atoms. The van der Waals surface area contributed by atoms with Gasteiger partial charge in [-0.15, -0.1) is 10.2 Å². The topological polar surface area (TPSA) is 186 Å². The van der Waals surface area contributed by atoms with Crippen molar-refractivity contribution < 1.29 is 42.6 Å². The molecule has 1 saturated heterocycles. The van der Waals surface area contributed by atoms with Crippen molar-refractivity contribution in [2.45, 2.75) is 63.8 Å². The number of ether oxygens (including phenoxy) is 9. The molecule has 4 heterocycles. The average Bonchev–Trinajstić information content (AvgIpc) is 3.95. The molecule has 3 aromatic heterocycles. The standard InChI is InChI=1S/C41H61ClN10O9/c1-32(29-51-31-45-48-49-51)61-39-26-33(4-9-37(39)42)34-27-43-41(44-28-34)46-38-30-52(36-7-5-35(6-8-36)50-10-14-55-15-11-50)47-40(38)60-13-3-12-54-18-19-57-22-23-59-25-24-58-21-20-56-17-16-53-2/h4,9,26-28,30-32,35-36H,3,5-8,10-25,29H2,1-2H3,(H,43,44,46)/t32-,35-,36-/m0/s1. The molecule has 336 valence electrons. The largest absolute Gasteiger partial charge is 0.487 e. The van der Waals surface area contributed by atoms with Crippen molar-refractivity contribution in [1.29, 1.82) is 0 Å². The van der Waals surface area contributed by atoms with Gasteiger partial charge in [0, 0.05) is 57.2 Å². The van der Waals surface area contributed by atoms with E-state index in [1.807, 2.05) is 29.9 Å². The zero-order valence-electron chi connectivity index (χ0n) is 35.4. The summed E-state index contributed by atoms with van der Waals surface area (Å²) in [5.74, 6) is 1.47. The lowest BCUT2D eigenvalue weighted by Gasteiger charge is -2.38. The number of hydrogen-bond donors (Lipinski definition) is 1. The fourth-order valence-corrected chi connectivity index (χ4v) is 7.22. The summed E-state index contributed by atoms with van der Waals surface area (Å²) in [6.07, 6.45) is 11.9. The number of nitrogens with one attached hydrogen (secondary N) is 1. The third-order valence-electron chi connectivity index (χ3n) is 10.2. The molecule has 1 saturated carbocycles. The van der Waals surface area contributed by atoms with Crippen LogP contribution >= 0.6 is 11.6 Å². The van der Waals surface area contributed by atoms with Crippen molar-refractivity contribution in [3.8, 4) is 22.8 Å². The quantitative estimate of drug-likeness (QED) is 0.0751. The molecule has 1 aromatic carbocycles. The summed E-state index contributed by atoms with van der Waals surface area (Å²) >= 11 is 6.50. The molecule has 1 N–H and O–H groups in total. The first-order valence-electron chi connectivity index (χ1n) is 21.2. The second-order valence-electron chi connectivity index (χ2n) is 14.7. The Morgan fingerprint density at radius 2 is 1.44 bits per heavy atom. The highest BCUT2D eigenvalue weighted by Crippen LogP contribution is 2.35. The first-order valence-corrected chi connectivity index (χ1v) is 21.6. The number of benzene rings is 1. The molecule has 4 aromatic rings. The van der Waals surface area contributed by atoms with Gasteiger partial charge in [-0.05, 0) is 60.7 Å². The van der Waals surface area contributed by atoms with Gasteiger partial charge in [-0.1, -0.05) is 17.7 Å². The maximum absolute atomic E-state index is 6.50. The highest BCUT2D eigenvalue weighted by atomic mass is 35.5. The number of tetrazole rings is 1. The molecule has 20 heteroatoms. The molecule has 0 radical (unpaired) electrons. The number of anilines is 2. The fourth-order valence-electron chi connectivity index (χ4n) is 7.06. The molecular formula is C41H61ClN10O9. The summed E-state index contributed by atoms with van der Waals surface area (Å²) in [6, 6.07) is 6.45. The van der Waals surface area contributed by atoms with Crippen LogP contribution < -0.4 is 14.8 Å². The minimum atomic E-state index is -0.222. The number of aromatic nitrogens is 8. The van der Waals surface area contributed by atoms with Crippen molar-refractivity contribution in [3.63, 3.8) is 0 Å². The van der Waals surface area contributed by atoms with Crippen LogP contribution in [0.1, 0.15) is 45.1 Å². The number of rotatable bonds is 29. The van der Waals surface area contributed by atoms with Crippen molar-refractivity contribution in [2.75, 3.05) is 118 Å². The Labute approximate surface area is 362 Å². The van der Waals surface area contributed by atoms with Crippen molar-refractivity contribution in [2.24, 2.45) is 0 Å². The van der Waals surface area contributed by atoms with Crippen LogP contribution in [-0.4, -0.2) is 170 Å². The van der Waals surface area contributed by atoms with Gasteiger partial charge >= 0.3 is 0 Å². The van der Waals surface area contributed by atoms with Crippen LogP contribution in [-0.2, 0) is 39.7 Å². The molecule has 0 unspecified atom stereocenters. The molecule has 0 amide bonds. The van der Waals surface area contributed by atoms with E-state index in [0.29, 0.717) is 127 Å². The number of nitrogens with zero attached hydrogens (tertiary/aromatic N) is 9. The van der Waals surface area contributed by atoms with Crippen LogP contribution in [0.25, 0.3) is 11.1 Å². The molecule has 1 atom stereocenters. The Bertz CT molecular complexity index is 1780. The molecule has 2 fully saturated rings. The summed E-state index contributed by atoms with van der Waals surface area (Å²) in [4.78, 5) is 11.9. The minimum absolute atomic E-state index is 0.222. The van der Waals surface area contributed by atoms with Crippen molar-refractivity contribution in [3.05, 3.63) is 48.1 Å². The van der Waals surface area contributed by atoms with E-state index in [9.17, 15) is 0 Å². The van der Waals surface area contributed by atoms with E-state index >= 15 is 0 Å². The third-order valence-corrected chi connectivity index (χ3v) is 10.5. The molecule has 61 heavy (non-hydrogen) atoms. The maximum Gasteiger partial charge on any atom is 0.256 e. The lowest BCUT2D eigenvalue weighted by atomic mass is 9.90. The summed E-state index contributed by atoms with van der Waals surface area (Å²) in [5, 5.41) is 20.0. The Kier molecular flexibility index (Phi) is 20.1. The lowest BCUT2D eigenvalue weighted by molar-refractivity contribution is -0.0150. The van der Waals surface area contributed by atoms with Crippen molar-refractivity contribution >= 4 is 23.2 Å². The Morgan fingerprint density at radius 3 is 2.08 bits per heavy atom. The molecular weight excluding hydrogens is 812 g/mol. The van der Waals surface area contributed by atoms with E-state index in [2.05, 4.69) is 35.7 Å². The number of morpholine rings is 1. The monoisotopic (exact) mass is 872 g/mol. The molecule has 6 rings (SSSR count). The van der Waals surface area contributed by atoms with Gasteiger partial charge in [0.05, 0.1) is 110 Å². The number of hydrogen-bond acceptors (Lipinski definition) is 17. The Hall–Kier alpha value is -4.05. The zero-order chi connectivity index (χ0) is 42.3. The Morgan fingerprint density at radius 1 is 0.803 bits per heavy atom. The normalized spacial score (nSPS) is 17.7. The van der Waals surface area contributed by atoms with E-state index in [1.54, 1.807) is 36.6 Å². The van der Waals surface area contributed by atoms with Gasteiger partial charge in [-0.3, -0.25) is 9.58 Å². The SMILES string of the molecule is COCCOCCOCCOCCOCCOCCCOc1nn([C@H]2CC[C@H](N3CCOCC3)CC2)cc1Nc1ncc(-c2ccc(Cl)c(O[C@@H](C)Cn3cnnn3)c2)cn1. The predicted molar refractivity (Wildman–Crippen MR) is 226 cm³/mol. The minimum Gasteiger partial charge on any atom is -0.487 e. The molecule has 19 nitrogen and oxygen atoms in total. The van der Waals surface area contributed by atoms with E-state index in [-0.39, 0.29) is 12.1 Å². The van der Waals surface area contributed by atoms with E-state index < -0.39 is 0 Å². The number of methoxy groups -OCH3 is 1. The van der Waals surface area contributed by atoms with Gasteiger partial charge in [-0.2, -0.15) is 0 Å². The summed E-state index contributed by atoms with van der Waals surface area (Å²) in [7, 11) is 1.65. The summed E-state index contributed by atoms with van der Waals surface area (Å²) in [5.41, 5.74) is 2.37. The highest BCUT2D eigenvalue weighted by Gasteiger charge is 2.29. The maximum atomic E-state index is 6.50. The van der Waals surface area contributed by atoms with Crippen molar-refractivity contribution in [1.82, 2.24) is 44.9 Å². The third kappa shape index (κ3) is 16.0. The van der Waals surface area contributed by atoms with E-state index in [4.69, 9.17) is 59.3 Å². The van der Waals surface area contributed by atoms with Gasteiger partial charge in [0.1, 0.15) is 23.9 Å². The number of halogens is 1. The van der Waals surface area contributed by atoms with E-state index in [0.717, 1.165) is 63.1 Å². The second-order valence-corrected chi connectivity index (χ2v) is 15.1. The Balaban J connectivity index is 0.950. The average molecular weight is 873 g/mol. The predicted octanol–water partition coefficient (Wildman–Crippen LogP) is 4.51. The highest BCUT2D eigenvalue weighted by molar-refractivity contribution is 6.32. The van der Waals surface area contributed by atoms with Gasteiger partial charge in [0.25, 0.3) is 5.88 Å². The first kappa shape index (κ1) is 46.5. The zero-order valence-corrected chi connectivity index (χ0v) is 36.2. The second kappa shape index (κ2) is 26.4. The van der Waals surface area contributed by atoms with Crippen LogP contribution in [0.5, 0.6) is 11.6 Å². The molecule has 1 aliphatic carbocycles. The van der Waals surface area contributed by atoms with Gasteiger partial charge in [0.2, 0.25) is 5.95 Å². The van der Waals surface area contributed by atoms with Crippen LogP contribution in [0.4, 0.5) is 11.6 Å². The van der Waals surface area contributed by atoms with Gasteiger partial charge in [-0.25, -0.2) is 14.6 Å². The first-order chi connectivity index (χ1) is 30.1. The van der Waals surface area contributed by atoms with Crippen LogP contribution in [0, 0.1) is 0 Å². The van der Waals surface area contributed by atoms with Gasteiger partial charge in [0.15, 0.2) is 0 Å². The fraction of sp³-hybridized carbons (Fsp3) is 0.659. The molecule has 0 spiro atoms. The summed E-state index contributed by atoms with van der Waals surface area (Å²) < 4.78 is 54.3. The van der Waals surface area contributed by atoms with Crippen LogP contribution in [0.15, 0.2) is 43.1 Å².